The zero-order valence-corrected chi connectivity index (χ0v) is 13.4. The zero-order valence-electron chi connectivity index (χ0n) is 13.4. The van der Waals surface area contributed by atoms with Gasteiger partial charge >= 0.3 is 0 Å². The number of halogens is 2. The minimum atomic E-state index is -1.00. The average Bonchev–Trinajstić information content (AvgIpc) is 3.15. The highest BCUT2D eigenvalue weighted by atomic mass is 19.2. The highest BCUT2D eigenvalue weighted by Gasteiger charge is 2.14. The second kappa shape index (κ2) is 6.36. The van der Waals surface area contributed by atoms with Crippen LogP contribution in [0.4, 0.5) is 14.5 Å². The van der Waals surface area contributed by atoms with Gasteiger partial charge in [-0.2, -0.15) is 0 Å². The Morgan fingerprint density at radius 1 is 0.962 bits per heavy atom. The zero-order chi connectivity index (χ0) is 18.1. The van der Waals surface area contributed by atoms with E-state index in [1.807, 2.05) is 36.4 Å². The number of rotatable bonds is 3. The van der Waals surface area contributed by atoms with Crippen molar-refractivity contribution >= 4 is 22.4 Å². The first-order valence-electron chi connectivity index (χ1n) is 7.78. The highest BCUT2D eigenvalue weighted by molar-refractivity contribution is 6.07. The van der Waals surface area contributed by atoms with Gasteiger partial charge in [-0.1, -0.05) is 36.4 Å². The van der Waals surface area contributed by atoms with Gasteiger partial charge < -0.3 is 5.32 Å². The summed E-state index contributed by atoms with van der Waals surface area (Å²) < 4.78 is 27.6. The van der Waals surface area contributed by atoms with Crippen molar-refractivity contribution < 1.29 is 13.6 Å². The van der Waals surface area contributed by atoms with Crippen LogP contribution in [-0.2, 0) is 0 Å². The Balaban J connectivity index is 1.61. The van der Waals surface area contributed by atoms with Gasteiger partial charge in [0.25, 0.3) is 5.91 Å². The molecule has 0 saturated heterocycles. The quantitative estimate of drug-likeness (QED) is 0.609. The van der Waals surface area contributed by atoms with Gasteiger partial charge in [-0.25, -0.2) is 18.4 Å². The monoisotopic (exact) mass is 350 g/mol. The second-order valence-electron chi connectivity index (χ2n) is 5.59. The number of carbonyl (C=O) groups excluding carboxylic acids is 1. The van der Waals surface area contributed by atoms with E-state index in [-0.39, 0.29) is 11.5 Å². The summed E-state index contributed by atoms with van der Waals surface area (Å²) in [7, 11) is 0. The number of carbonyl (C=O) groups is 1. The molecule has 4 rings (SSSR count). The Morgan fingerprint density at radius 2 is 1.77 bits per heavy atom. The summed E-state index contributed by atoms with van der Waals surface area (Å²) in [6.07, 6.45) is 1.27. The molecule has 0 atom stereocenters. The summed E-state index contributed by atoms with van der Waals surface area (Å²) in [6, 6.07) is 16.5. The Bertz CT molecular complexity index is 1120. The predicted octanol–water partition coefficient (Wildman–Crippen LogP) is 3.95. The van der Waals surface area contributed by atoms with Crippen LogP contribution in [0.15, 0.2) is 67.0 Å². The fraction of sp³-hybridized carbons (Fsp3) is 0. The first-order valence-corrected chi connectivity index (χ1v) is 7.78. The molecule has 0 aliphatic carbocycles. The molecule has 0 aliphatic rings. The van der Waals surface area contributed by atoms with Crippen LogP contribution in [0.3, 0.4) is 0 Å². The third-order valence-electron chi connectivity index (χ3n) is 3.90. The lowest BCUT2D eigenvalue weighted by atomic mass is 10.1. The van der Waals surface area contributed by atoms with E-state index >= 15 is 0 Å². The Morgan fingerprint density at radius 3 is 2.62 bits per heavy atom. The van der Waals surface area contributed by atoms with Crippen molar-refractivity contribution in [3.8, 4) is 5.69 Å². The summed E-state index contributed by atoms with van der Waals surface area (Å²) in [5.41, 5.74) is 0.901. The van der Waals surface area contributed by atoms with Crippen LogP contribution < -0.4 is 5.32 Å². The van der Waals surface area contributed by atoms with E-state index in [0.717, 1.165) is 22.9 Å². The van der Waals surface area contributed by atoms with E-state index in [2.05, 4.69) is 15.4 Å². The maximum absolute atomic E-state index is 13.4. The number of anilines is 1. The number of amides is 1. The molecule has 7 heteroatoms. The lowest BCUT2D eigenvalue weighted by Crippen LogP contribution is -2.14. The molecule has 1 heterocycles. The Hall–Kier alpha value is -3.61. The van der Waals surface area contributed by atoms with Gasteiger partial charge in [0.1, 0.15) is 6.33 Å². The van der Waals surface area contributed by atoms with Crippen LogP contribution in [0.1, 0.15) is 10.6 Å². The molecule has 128 valence electrons. The molecule has 1 amide bonds. The van der Waals surface area contributed by atoms with Crippen LogP contribution in [0, 0.1) is 11.6 Å². The molecule has 3 aromatic carbocycles. The molecule has 0 saturated carbocycles. The van der Waals surface area contributed by atoms with Gasteiger partial charge in [0, 0.05) is 17.1 Å². The van der Waals surface area contributed by atoms with E-state index in [9.17, 15) is 13.6 Å². The van der Waals surface area contributed by atoms with E-state index in [1.165, 1.54) is 17.1 Å². The lowest BCUT2D eigenvalue weighted by Gasteiger charge is -2.07. The molecule has 0 spiro atoms. The molecule has 1 aromatic heterocycles. The topological polar surface area (TPSA) is 59.8 Å². The molecule has 4 aromatic rings. The van der Waals surface area contributed by atoms with Crippen molar-refractivity contribution in [3.05, 3.63) is 84.4 Å². The van der Waals surface area contributed by atoms with E-state index < -0.39 is 17.5 Å². The fourth-order valence-corrected chi connectivity index (χ4v) is 2.63. The van der Waals surface area contributed by atoms with Gasteiger partial charge in [0.15, 0.2) is 11.6 Å². The first-order chi connectivity index (χ1) is 12.6. The molecule has 1 N–H and O–H groups in total. The van der Waals surface area contributed by atoms with Crippen molar-refractivity contribution in [2.75, 3.05) is 5.32 Å². The highest BCUT2D eigenvalue weighted by Crippen LogP contribution is 2.23. The smallest absolute Gasteiger partial charge is 0.295 e. The van der Waals surface area contributed by atoms with Gasteiger partial charge in [-0.15, -0.1) is 5.10 Å². The van der Waals surface area contributed by atoms with Crippen LogP contribution in [0.2, 0.25) is 0 Å². The number of fused-ring (bicyclic) bond motifs is 1. The van der Waals surface area contributed by atoms with Crippen molar-refractivity contribution in [2.45, 2.75) is 0 Å². The minimum Gasteiger partial charge on any atom is -0.319 e. The lowest BCUT2D eigenvalue weighted by molar-refractivity contribution is 0.101. The summed E-state index contributed by atoms with van der Waals surface area (Å²) in [4.78, 5) is 16.4. The maximum atomic E-state index is 13.4. The number of hydrogen-bond acceptors (Lipinski definition) is 3. The molecule has 0 radical (unpaired) electrons. The van der Waals surface area contributed by atoms with Crippen LogP contribution >= 0.6 is 0 Å². The molecule has 0 unspecified atom stereocenters. The van der Waals surface area contributed by atoms with Gasteiger partial charge in [0.05, 0.1) is 5.69 Å². The van der Waals surface area contributed by atoms with Crippen LogP contribution in [-0.4, -0.2) is 20.7 Å². The SMILES string of the molecule is O=C(Nc1cccc2ccccc12)c1ncn(-c2ccc(F)c(F)c2)n1. The molecule has 0 bridgehead atoms. The standard InChI is InChI=1S/C19H12F2N4O/c20-15-9-8-13(10-16(15)21)25-11-22-18(24-25)19(26)23-17-7-3-5-12-4-1-2-6-14(12)17/h1-11H,(H,23,26). The van der Waals surface area contributed by atoms with Crippen molar-refractivity contribution in [1.82, 2.24) is 14.8 Å². The van der Waals surface area contributed by atoms with Crippen LogP contribution in [0.25, 0.3) is 16.5 Å². The summed E-state index contributed by atoms with van der Waals surface area (Å²) >= 11 is 0. The molecular formula is C19H12F2N4O. The first kappa shape index (κ1) is 15.9. The van der Waals surface area contributed by atoms with Crippen molar-refractivity contribution in [3.63, 3.8) is 0 Å². The number of benzene rings is 3. The maximum Gasteiger partial charge on any atom is 0.295 e. The predicted molar refractivity (Wildman–Crippen MR) is 93.2 cm³/mol. The van der Waals surface area contributed by atoms with Gasteiger partial charge in [-0.05, 0) is 23.6 Å². The summed E-state index contributed by atoms with van der Waals surface area (Å²) in [5.74, 6) is -2.53. The fourth-order valence-electron chi connectivity index (χ4n) is 2.63. The number of aromatic nitrogens is 3. The van der Waals surface area contributed by atoms with E-state index in [1.54, 1.807) is 6.07 Å². The Labute approximate surface area is 146 Å². The molecule has 5 nitrogen and oxygen atoms in total. The molecule has 0 aliphatic heterocycles. The van der Waals surface area contributed by atoms with Gasteiger partial charge in [-0.3, -0.25) is 4.79 Å². The number of hydrogen-bond donors (Lipinski definition) is 1. The molecule has 26 heavy (non-hydrogen) atoms. The summed E-state index contributed by atoms with van der Waals surface area (Å²) in [5, 5.41) is 8.69. The third kappa shape index (κ3) is 2.90. The summed E-state index contributed by atoms with van der Waals surface area (Å²) in [6.45, 7) is 0. The average molecular weight is 350 g/mol. The Kier molecular flexibility index (Phi) is 3.89. The third-order valence-corrected chi connectivity index (χ3v) is 3.90. The second-order valence-corrected chi connectivity index (χ2v) is 5.59. The van der Waals surface area contributed by atoms with E-state index in [0.29, 0.717) is 5.69 Å². The normalized spacial score (nSPS) is 10.8. The van der Waals surface area contributed by atoms with Gasteiger partial charge in [0.2, 0.25) is 5.82 Å². The minimum absolute atomic E-state index is 0.0809. The number of nitrogens with zero attached hydrogens (tertiary/aromatic N) is 3. The van der Waals surface area contributed by atoms with Crippen molar-refractivity contribution in [2.24, 2.45) is 0 Å². The number of nitrogens with one attached hydrogen (secondary N) is 1. The van der Waals surface area contributed by atoms with E-state index in [4.69, 9.17) is 0 Å². The van der Waals surface area contributed by atoms with Crippen molar-refractivity contribution in [1.29, 1.82) is 0 Å². The molecular weight excluding hydrogens is 338 g/mol. The largest absolute Gasteiger partial charge is 0.319 e. The van der Waals surface area contributed by atoms with Crippen LogP contribution in [0.5, 0.6) is 0 Å². The molecule has 0 fully saturated rings.